The summed E-state index contributed by atoms with van der Waals surface area (Å²) in [6.45, 7) is 4.23. The van der Waals surface area contributed by atoms with Crippen LogP contribution in [0.5, 0.6) is 17.2 Å². The Labute approximate surface area is 234 Å². The van der Waals surface area contributed by atoms with E-state index in [2.05, 4.69) is 42.1 Å². The molecule has 2 heterocycles. The normalized spacial score (nSPS) is 14.3. The highest BCUT2D eigenvalue weighted by atomic mass is 79.9. The molecular formula is C28H27BrN6O4. The highest BCUT2D eigenvalue weighted by Gasteiger charge is 2.35. The third-order valence-electron chi connectivity index (χ3n) is 6.51. The fourth-order valence-corrected chi connectivity index (χ4v) is 5.09. The second-order valence-corrected chi connectivity index (χ2v) is 9.77. The summed E-state index contributed by atoms with van der Waals surface area (Å²) in [6.07, 6.45) is 0. The van der Waals surface area contributed by atoms with Crippen molar-refractivity contribution in [2.75, 3.05) is 24.9 Å². The summed E-state index contributed by atoms with van der Waals surface area (Å²) in [5, 5.41) is 18.2. The van der Waals surface area contributed by atoms with E-state index in [1.165, 1.54) is 0 Å². The van der Waals surface area contributed by atoms with Crippen LogP contribution in [0.1, 0.15) is 29.7 Å². The van der Waals surface area contributed by atoms with Crippen molar-refractivity contribution in [1.82, 2.24) is 20.2 Å². The number of carbonyl (C=O) groups excluding carboxylic acids is 1. The van der Waals surface area contributed by atoms with E-state index in [9.17, 15) is 4.79 Å². The number of carbonyl (C=O) groups is 1. The van der Waals surface area contributed by atoms with Crippen molar-refractivity contribution in [2.45, 2.75) is 26.5 Å². The highest BCUT2D eigenvalue weighted by molar-refractivity contribution is 9.10. The zero-order valence-corrected chi connectivity index (χ0v) is 23.4. The quantitative estimate of drug-likeness (QED) is 0.285. The summed E-state index contributed by atoms with van der Waals surface area (Å²) < 4.78 is 19.6. The van der Waals surface area contributed by atoms with Crippen molar-refractivity contribution >= 4 is 33.5 Å². The molecule has 0 aliphatic carbocycles. The Morgan fingerprint density at radius 1 is 1.05 bits per heavy atom. The lowest BCUT2D eigenvalue weighted by Crippen LogP contribution is -2.31. The van der Waals surface area contributed by atoms with Gasteiger partial charge in [-0.05, 0) is 81.2 Å². The molecule has 1 aliphatic rings. The predicted molar refractivity (Wildman–Crippen MR) is 150 cm³/mol. The first-order chi connectivity index (χ1) is 18.9. The van der Waals surface area contributed by atoms with Gasteiger partial charge >= 0.3 is 0 Å². The molecule has 11 heteroatoms. The Hall–Kier alpha value is -4.38. The van der Waals surface area contributed by atoms with Crippen LogP contribution in [0.3, 0.4) is 0 Å². The first-order valence-corrected chi connectivity index (χ1v) is 12.9. The van der Waals surface area contributed by atoms with E-state index in [1.807, 2.05) is 62.4 Å². The molecule has 1 amide bonds. The van der Waals surface area contributed by atoms with E-state index in [-0.39, 0.29) is 5.91 Å². The molecule has 2 N–H and O–H groups in total. The molecule has 1 atom stereocenters. The molecule has 0 saturated carbocycles. The number of halogens is 1. The average Bonchev–Trinajstić information content (AvgIpc) is 3.40. The van der Waals surface area contributed by atoms with Gasteiger partial charge in [-0.2, -0.15) is 4.68 Å². The number of hydrogen-bond donors (Lipinski definition) is 2. The third-order valence-corrected chi connectivity index (χ3v) is 7.10. The van der Waals surface area contributed by atoms with Gasteiger partial charge in [0, 0.05) is 5.70 Å². The number of nitrogens with one attached hydrogen (secondary N) is 2. The molecule has 0 radical (unpaired) electrons. The van der Waals surface area contributed by atoms with Crippen LogP contribution in [-0.4, -0.2) is 40.3 Å². The van der Waals surface area contributed by atoms with Crippen molar-refractivity contribution in [3.63, 3.8) is 0 Å². The lowest BCUT2D eigenvalue weighted by molar-refractivity contribution is -0.113. The van der Waals surface area contributed by atoms with Crippen LogP contribution < -0.4 is 24.8 Å². The number of nitrogens with zero attached hydrogens (tertiary/aromatic N) is 4. The first kappa shape index (κ1) is 26.2. The fraction of sp³-hybridized carbons (Fsp3) is 0.214. The average molecular weight is 591 g/mol. The summed E-state index contributed by atoms with van der Waals surface area (Å²) in [5.74, 6) is 1.69. The van der Waals surface area contributed by atoms with Crippen molar-refractivity contribution in [1.29, 1.82) is 0 Å². The van der Waals surface area contributed by atoms with Gasteiger partial charge in [-0.15, -0.1) is 0 Å². The van der Waals surface area contributed by atoms with Crippen molar-refractivity contribution in [3.8, 4) is 17.2 Å². The molecule has 3 aromatic carbocycles. The second kappa shape index (κ2) is 11.2. The monoisotopic (exact) mass is 590 g/mol. The van der Waals surface area contributed by atoms with E-state index in [1.54, 1.807) is 31.0 Å². The van der Waals surface area contributed by atoms with Crippen LogP contribution in [0.15, 0.2) is 76.4 Å². The number of rotatable bonds is 8. The van der Waals surface area contributed by atoms with Crippen LogP contribution in [0.4, 0.5) is 11.6 Å². The number of ether oxygens (including phenoxy) is 3. The number of anilines is 2. The van der Waals surface area contributed by atoms with Gasteiger partial charge in [0.25, 0.3) is 5.91 Å². The van der Waals surface area contributed by atoms with Gasteiger partial charge in [0.05, 0.1) is 30.0 Å². The molecule has 1 unspecified atom stereocenters. The zero-order valence-electron chi connectivity index (χ0n) is 21.9. The molecule has 0 spiro atoms. The highest BCUT2D eigenvalue weighted by Crippen LogP contribution is 2.43. The fourth-order valence-electron chi connectivity index (χ4n) is 4.51. The number of hydrogen-bond acceptors (Lipinski definition) is 8. The van der Waals surface area contributed by atoms with Crippen LogP contribution in [0.2, 0.25) is 0 Å². The molecule has 10 nitrogen and oxygen atoms in total. The molecule has 0 fully saturated rings. The number of aromatic nitrogens is 4. The standard InChI is InChI=1S/C28H27BrN6O4/c1-16-9-5-6-10-18(16)15-39-26-20(29)13-19(14-23(26)38-4)25-24(17(2)30-28-32-33-34-35(25)28)27(36)31-21-11-7-8-12-22(21)37-3/h5-14,25H,15H2,1-4H3,(H,31,36)(H,30,32,34). The minimum Gasteiger partial charge on any atom is -0.495 e. The molecule has 1 aliphatic heterocycles. The van der Waals surface area contributed by atoms with Crippen molar-refractivity contribution < 1.29 is 19.0 Å². The van der Waals surface area contributed by atoms with Gasteiger partial charge in [-0.3, -0.25) is 4.79 Å². The van der Waals surface area contributed by atoms with Crippen LogP contribution in [-0.2, 0) is 11.4 Å². The van der Waals surface area contributed by atoms with Gasteiger partial charge < -0.3 is 24.8 Å². The van der Waals surface area contributed by atoms with Crippen LogP contribution in [0.25, 0.3) is 0 Å². The lowest BCUT2D eigenvalue weighted by Gasteiger charge is -2.28. The van der Waals surface area contributed by atoms with Crippen molar-refractivity contribution in [3.05, 3.63) is 93.1 Å². The van der Waals surface area contributed by atoms with Gasteiger partial charge in [0.15, 0.2) is 11.5 Å². The SMILES string of the molecule is COc1ccccc1NC(=O)C1=C(C)Nc2nnnn2C1c1cc(Br)c(OCc2ccccc2C)c(OC)c1. The number of para-hydroxylation sites is 2. The molecule has 4 aromatic rings. The van der Waals surface area contributed by atoms with Crippen LogP contribution in [0, 0.1) is 6.92 Å². The van der Waals surface area contributed by atoms with E-state index < -0.39 is 6.04 Å². The first-order valence-electron chi connectivity index (χ1n) is 12.2. The Balaban J connectivity index is 1.53. The Kier molecular flexibility index (Phi) is 7.51. The largest absolute Gasteiger partial charge is 0.495 e. The number of benzene rings is 3. The summed E-state index contributed by atoms with van der Waals surface area (Å²) in [4.78, 5) is 13.7. The number of allylic oxidation sites excluding steroid dienone is 1. The molecule has 0 bridgehead atoms. The van der Waals surface area contributed by atoms with Gasteiger partial charge in [-0.25, -0.2) is 0 Å². The summed E-state index contributed by atoms with van der Waals surface area (Å²) in [6, 6.07) is 18.3. The van der Waals surface area contributed by atoms with E-state index >= 15 is 0 Å². The van der Waals surface area contributed by atoms with Crippen molar-refractivity contribution in [2.24, 2.45) is 0 Å². The molecule has 5 rings (SSSR count). The molecule has 0 saturated heterocycles. The minimum atomic E-state index is -0.651. The Morgan fingerprint density at radius 3 is 2.56 bits per heavy atom. The maximum atomic E-state index is 13.7. The molecule has 1 aromatic heterocycles. The van der Waals surface area contributed by atoms with E-state index in [0.29, 0.717) is 51.2 Å². The molecular weight excluding hydrogens is 564 g/mol. The Morgan fingerprint density at radius 2 is 1.79 bits per heavy atom. The molecule has 200 valence electrons. The maximum absolute atomic E-state index is 13.7. The number of methoxy groups -OCH3 is 2. The van der Waals surface area contributed by atoms with E-state index in [0.717, 1.165) is 16.7 Å². The van der Waals surface area contributed by atoms with Crippen LogP contribution >= 0.6 is 15.9 Å². The lowest BCUT2D eigenvalue weighted by atomic mass is 9.94. The van der Waals surface area contributed by atoms with Gasteiger partial charge in [-0.1, -0.05) is 41.5 Å². The topological polar surface area (TPSA) is 112 Å². The number of fused-ring (bicyclic) bond motifs is 1. The third kappa shape index (κ3) is 5.17. The second-order valence-electron chi connectivity index (χ2n) is 8.92. The Bertz CT molecular complexity index is 1570. The summed E-state index contributed by atoms with van der Waals surface area (Å²) in [5.41, 5.74) is 4.53. The summed E-state index contributed by atoms with van der Waals surface area (Å²) in [7, 11) is 3.13. The van der Waals surface area contributed by atoms with Gasteiger partial charge in [0.2, 0.25) is 5.95 Å². The summed E-state index contributed by atoms with van der Waals surface area (Å²) >= 11 is 3.66. The molecule has 39 heavy (non-hydrogen) atoms. The van der Waals surface area contributed by atoms with Gasteiger partial charge in [0.1, 0.15) is 18.4 Å². The smallest absolute Gasteiger partial charge is 0.255 e. The zero-order chi connectivity index (χ0) is 27.5. The number of tetrazole rings is 1. The maximum Gasteiger partial charge on any atom is 0.255 e. The number of aryl methyl sites for hydroxylation is 1. The van der Waals surface area contributed by atoms with E-state index in [4.69, 9.17) is 14.2 Å². The number of amides is 1. The predicted octanol–water partition coefficient (Wildman–Crippen LogP) is 5.27. The minimum absolute atomic E-state index is 0.328.